The third-order valence-electron chi connectivity index (χ3n) is 4.26. The minimum atomic E-state index is -4.05. The molecule has 24 heavy (non-hydrogen) atoms. The van der Waals surface area contributed by atoms with Crippen LogP contribution in [0.1, 0.15) is 0 Å². The lowest BCUT2D eigenvalue weighted by atomic mass is 10.2. The van der Waals surface area contributed by atoms with Crippen molar-refractivity contribution in [3.63, 3.8) is 0 Å². The number of halogens is 1. The number of sulfonamides is 1. The predicted molar refractivity (Wildman–Crippen MR) is 84.1 cm³/mol. The summed E-state index contributed by atoms with van der Waals surface area (Å²) in [5.74, 6) is 0. The Morgan fingerprint density at radius 1 is 1.17 bits per heavy atom. The number of alkyl halides is 1. The van der Waals surface area contributed by atoms with E-state index in [9.17, 15) is 27.5 Å². The maximum Gasteiger partial charge on any atom is 0.330 e. The first-order valence-electron chi connectivity index (χ1n) is 7.16. The van der Waals surface area contributed by atoms with Gasteiger partial charge in [0.1, 0.15) is 12.3 Å². The second-order valence-electron chi connectivity index (χ2n) is 5.79. The van der Waals surface area contributed by atoms with Crippen molar-refractivity contribution in [1.29, 1.82) is 0 Å². The molecule has 0 amide bonds. The number of aryl methyl sites for hydroxylation is 1. The molecule has 1 aromatic heterocycles. The van der Waals surface area contributed by atoms with Crippen LogP contribution in [0, 0.1) is 0 Å². The molecule has 2 atom stereocenters. The molecule has 1 saturated heterocycles. The summed E-state index contributed by atoms with van der Waals surface area (Å²) in [4.78, 5) is 24.0. The number of aliphatic hydroxyl groups is 1. The summed E-state index contributed by atoms with van der Waals surface area (Å²) in [6.45, 7) is -0.778. The van der Waals surface area contributed by atoms with Gasteiger partial charge in [0.05, 0.1) is 15.8 Å². The van der Waals surface area contributed by atoms with Crippen LogP contribution in [-0.4, -0.2) is 52.3 Å². The molecule has 0 spiro atoms. The molecule has 0 aliphatic carbocycles. The van der Waals surface area contributed by atoms with Crippen LogP contribution < -0.4 is 11.2 Å². The third kappa shape index (κ3) is 2.38. The normalized spacial score (nSPS) is 22.3. The maximum absolute atomic E-state index is 13.4. The van der Waals surface area contributed by atoms with Gasteiger partial charge < -0.3 is 5.11 Å². The Hall–Kier alpha value is -2.04. The highest BCUT2D eigenvalue weighted by molar-refractivity contribution is 7.89. The van der Waals surface area contributed by atoms with Crippen LogP contribution in [-0.2, 0) is 24.1 Å². The molecular formula is C14H16FN3O5S. The Morgan fingerprint density at radius 2 is 1.83 bits per heavy atom. The highest BCUT2D eigenvalue weighted by atomic mass is 32.2. The lowest BCUT2D eigenvalue weighted by molar-refractivity contribution is 0.117. The molecule has 10 heteroatoms. The summed E-state index contributed by atoms with van der Waals surface area (Å²) < 4.78 is 41.6. The van der Waals surface area contributed by atoms with Crippen LogP contribution in [0.25, 0.3) is 10.9 Å². The van der Waals surface area contributed by atoms with E-state index in [0.717, 1.165) is 8.87 Å². The van der Waals surface area contributed by atoms with Crippen molar-refractivity contribution in [3.8, 4) is 0 Å². The van der Waals surface area contributed by atoms with Gasteiger partial charge in [0.15, 0.2) is 0 Å². The highest BCUT2D eigenvalue weighted by Crippen LogP contribution is 2.24. The summed E-state index contributed by atoms with van der Waals surface area (Å²) in [6, 6.07) is 3.79. The number of benzene rings is 1. The molecule has 130 valence electrons. The predicted octanol–water partition coefficient (Wildman–Crippen LogP) is -1.06. The van der Waals surface area contributed by atoms with E-state index in [2.05, 4.69) is 0 Å². The fraction of sp³-hybridized carbons (Fsp3) is 0.429. The van der Waals surface area contributed by atoms with Gasteiger partial charge in [-0.3, -0.25) is 13.9 Å². The first-order chi connectivity index (χ1) is 11.1. The molecule has 3 rings (SSSR count). The Balaban J connectivity index is 2.19. The fourth-order valence-corrected chi connectivity index (χ4v) is 4.29. The number of rotatable bonds is 2. The van der Waals surface area contributed by atoms with Crippen LogP contribution in [0.3, 0.4) is 0 Å². The van der Waals surface area contributed by atoms with Gasteiger partial charge in [0.25, 0.3) is 5.56 Å². The van der Waals surface area contributed by atoms with Gasteiger partial charge in [0, 0.05) is 27.2 Å². The Morgan fingerprint density at radius 3 is 2.42 bits per heavy atom. The number of nitrogens with zero attached hydrogens (tertiary/aromatic N) is 3. The summed E-state index contributed by atoms with van der Waals surface area (Å²) >= 11 is 0. The van der Waals surface area contributed by atoms with Gasteiger partial charge in [-0.15, -0.1) is 0 Å². The molecular weight excluding hydrogens is 341 g/mol. The largest absolute Gasteiger partial charge is 0.389 e. The minimum Gasteiger partial charge on any atom is -0.389 e. The van der Waals surface area contributed by atoms with Gasteiger partial charge in [-0.05, 0) is 18.2 Å². The van der Waals surface area contributed by atoms with E-state index in [1.54, 1.807) is 0 Å². The second-order valence-corrected chi connectivity index (χ2v) is 7.73. The molecule has 0 radical (unpaired) electrons. The molecule has 8 nitrogen and oxygen atoms in total. The van der Waals surface area contributed by atoms with Crippen LogP contribution >= 0.6 is 0 Å². The number of fused-ring (bicyclic) bond motifs is 1. The van der Waals surface area contributed by atoms with Gasteiger partial charge in [-0.1, -0.05) is 0 Å². The highest BCUT2D eigenvalue weighted by Gasteiger charge is 2.38. The molecule has 0 bridgehead atoms. The van der Waals surface area contributed by atoms with E-state index in [0.29, 0.717) is 5.52 Å². The average molecular weight is 357 g/mol. The quantitative estimate of drug-likeness (QED) is 0.738. The van der Waals surface area contributed by atoms with Crippen LogP contribution in [0.2, 0.25) is 0 Å². The second kappa shape index (κ2) is 5.50. The SMILES string of the molecule is Cn1c(=O)c2cc(S(=O)(=O)N3C[C@@H](O)[C@H](F)C3)ccc2n(C)c1=O. The molecule has 1 aliphatic rings. The molecule has 1 aromatic carbocycles. The van der Waals surface area contributed by atoms with Crippen molar-refractivity contribution in [2.24, 2.45) is 14.1 Å². The van der Waals surface area contributed by atoms with Crippen molar-refractivity contribution in [3.05, 3.63) is 39.0 Å². The van der Waals surface area contributed by atoms with E-state index < -0.39 is 40.1 Å². The smallest absolute Gasteiger partial charge is 0.330 e. The molecule has 2 heterocycles. The first kappa shape index (κ1) is 16.8. The lowest BCUT2D eigenvalue weighted by Crippen LogP contribution is -2.37. The van der Waals surface area contributed by atoms with Crippen LogP contribution in [0.4, 0.5) is 4.39 Å². The van der Waals surface area contributed by atoms with Gasteiger partial charge in [-0.25, -0.2) is 17.6 Å². The molecule has 1 aliphatic heterocycles. The fourth-order valence-electron chi connectivity index (χ4n) is 2.79. The van der Waals surface area contributed by atoms with Crippen molar-refractivity contribution >= 4 is 20.9 Å². The molecule has 0 saturated carbocycles. The number of aliphatic hydroxyl groups excluding tert-OH is 1. The number of hydrogen-bond acceptors (Lipinski definition) is 5. The van der Waals surface area contributed by atoms with Crippen molar-refractivity contribution < 1.29 is 17.9 Å². The summed E-state index contributed by atoms with van der Waals surface area (Å²) in [5.41, 5.74) is -0.840. The topological polar surface area (TPSA) is 102 Å². The van der Waals surface area contributed by atoms with Gasteiger partial charge >= 0.3 is 5.69 Å². The molecule has 1 fully saturated rings. The van der Waals surface area contributed by atoms with Crippen LogP contribution in [0.15, 0.2) is 32.7 Å². The number of β-amino-alcohol motifs (C(OH)–C–C–N with tert-alkyl or cyclic N) is 1. The van der Waals surface area contributed by atoms with E-state index in [1.807, 2.05) is 0 Å². The lowest BCUT2D eigenvalue weighted by Gasteiger charge is -2.16. The Kier molecular flexibility index (Phi) is 3.85. The Bertz CT molecular complexity index is 1030. The monoisotopic (exact) mass is 357 g/mol. The standard InChI is InChI=1S/C14H16FN3O5S/c1-16-11-4-3-8(5-9(11)13(20)17(2)14(16)21)24(22,23)18-6-10(15)12(19)7-18/h3-5,10,12,19H,6-7H2,1-2H3/t10-,12-/m1/s1. The Labute approximate surface area is 136 Å². The van der Waals surface area contributed by atoms with E-state index >= 15 is 0 Å². The number of aromatic nitrogens is 2. The van der Waals surface area contributed by atoms with E-state index in [-0.39, 0.29) is 16.8 Å². The van der Waals surface area contributed by atoms with E-state index in [1.165, 1.54) is 36.9 Å². The maximum atomic E-state index is 13.4. The zero-order valence-electron chi connectivity index (χ0n) is 13.0. The summed E-state index contributed by atoms with van der Waals surface area (Å²) in [7, 11) is -1.27. The zero-order chi connectivity index (χ0) is 17.8. The van der Waals surface area contributed by atoms with Crippen molar-refractivity contribution in [1.82, 2.24) is 13.4 Å². The van der Waals surface area contributed by atoms with Gasteiger partial charge in [-0.2, -0.15) is 4.31 Å². The average Bonchev–Trinajstić information content (AvgIpc) is 2.90. The summed E-state index contributed by atoms with van der Waals surface area (Å²) in [6.07, 6.45) is -3.01. The number of hydrogen-bond donors (Lipinski definition) is 1. The molecule has 0 unspecified atom stereocenters. The van der Waals surface area contributed by atoms with Crippen molar-refractivity contribution in [2.75, 3.05) is 13.1 Å². The van der Waals surface area contributed by atoms with E-state index in [4.69, 9.17) is 0 Å². The zero-order valence-corrected chi connectivity index (χ0v) is 13.8. The molecule has 2 aromatic rings. The van der Waals surface area contributed by atoms with Crippen LogP contribution in [0.5, 0.6) is 0 Å². The summed E-state index contributed by atoms with van der Waals surface area (Å²) in [5, 5.41) is 9.49. The third-order valence-corrected chi connectivity index (χ3v) is 6.09. The first-order valence-corrected chi connectivity index (χ1v) is 8.60. The van der Waals surface area contributed by atoms with Gasteiger partial charge in [0.2, 0.25) is 10.0 Å². The van der Waals surface area contributed by atoms with Crippen molar-refractivity contribution in [2.45, 2.75) is 17.2 Å². The minimum absolute atomic E-state index is 0.0669. The molecule has 1 N–H and O–H groups in total.